The first-order valence-corrected chi connectivity index (χ1v) is 12.5. The summed E-state index contributed by atoms with van der Waals surface area (Å²) in [7, 11) is 0. The van der Waals surface area contributed by atoms with Crippen LogP contribution in [0.5, 0.6) is 5.75 Å². The molecule has 1 saturated carbocycles. The van der Waals surface area contributed by atoms with E-state index < -0.39 is 11.6 Å². The summed E-state index contributed by atoms with van der Waals surface area (Å²) in [6.45, 7) is 4.73. The van der Waals surface area contributed by atoms with Gasteiger partial charge in [-0.2, -0.15) is 4.39 Å². The van der Waals surface area contributed by atoms with E-state index in [1.54, 1.807) is 12.1 Å². The highest BCUT2D eigenvalue weighted by Crippen LogP contribution is 2.38. The van der Waals surface area contributed by atoms with E-state index in [4.69, 9.17) is 4.74 Å². The molecule has 0 unspecified atom stereocenters. The Kier molecular flexibility index (Phi) is 9.77. The Balaban J connectivity index is 1.59. The highest BCUT2D eigenvalue weighted by Gasteiger charge is 2.22. The molecule has 0 saturated heterocycles. The Morgan fingerprint density at radius 2 is 1.59 bits per heavy atom. The molecule has 0 aromatic heterocycles. The molecule has 1 nitrogen and oxygen atoms in total. The lowest BCUT2D eigenvalue weighted by Gasteiger charge is -2.28. The van der Waals surface area contributed by atoms with Gasteiger partial charge in [-0.15, -0.1) is 0 Å². The van der Waals surface area contributed by atoms with Crippen LogP contribution in [0.3, 0.4) is 0 Å². The minimum Gasteiger partial charge on any atom is -0.490 e. The number of unbranched alkanes of at least 4 members (excludes halogenated alkanes) is 3. The molecule has 1 aliphatic carbocycles. The second-order valence-electron chi connectivity index (χ2n) is 9.10. The summed E-state index contributed by atoms with van der Waals surface area (Å²) in [6, 6.07) is 11.2. The Morgan fingerprint density at radius 1 is 0.844 bits per heavy atom. The fourth-order valence-electron chi connectivity index (χ4n) is 4.70. The number of rotatable bonds is 11. The molecule has 0 aliphatic heterocycles. The van der Waals surface area contributed by atoms with Crippen molar-refractivity contribution in [1.29, 1.82) is 0 Å². The Hall–Kier alpha value is -2.16. The van der Waals surface area contributed by atoms with Crippen molar-refractivity contribution in [2.75, 3.05) is 6.61 Å². The molecule has 0 spiro atoms. The summed E-state index contributed by atoms with van der Waals surface area (Å²) in [5.74, 6) is -0.342. The van der Waals surface area contributed by atoms with E-state index >= 15 is 0 Å². The van der Waals surface area contributed by atoms with Crippen LogP contribution < -0.4 is 4.74 Å². The maximum Gasteiger partial charge on any atom is 0.201 e. The van der Waals surface area contributed by atoms with E-state index in [0.717, 1.165) is 38.0 Å². The molecule has 3 heteroatoms. The first kappa shape index (κ1) is 24.5. The SMILES string of the molecule is CC/C=C\CC1CCC(c2ccc(-c3ccc(OCCCCCC)c(F)c3F)cc2)CC1. The fraction of sp³-hybridized carbons (Fsp3) is 0.517. The molecule has 0 amide bonds. The summed E-state index contributed by atoms with van der Waals surface area (Å²) < 4.78 is 34.8. The molecule has 2 aromatic carbocycles. The van der Waals surface area contributed by atoms with Gasteiger partial charge in [0.2, 0.25) is 5.82 Å². The van der Waals surface area contributed by atoms with Gasteiger partial charge in [0.05, 0.1) is 6.61 Å². The van der Waals surface area contributed by atoms with Crippen LogP contribution in [0, 0.1) is 17.6 Å². The van der Waals surface area contributed by atoms with Crippen molar-refractivity contribution in [3.63, 3.8) is 0 Å². The van der Waals surface area contributed by atoms with E-state index in [1.165, 1.54) is 37.7 Å². The second kappa shape index (κ2) is 12.8. The van der Waals surface area contributed by atoms with Crippen LogP contribution >= 0.6 is 0 Å². The molecule has 174 valence electrons. The Morgan fingerprint density at radius 3 is 2.28 bits per heavy atom. The molecule has 0 atom stereocenters. The molecule has 1 fully saturated rings. The zero-order valence-corrected chi connectivity index (χ0v) is 19.7. The van der Waals surface area contributed by atoms with E-state index in [2.05, 4.69) is 38.1 Å². The predicted molar refractivity (Wildman–Crippen MR) is 130 cm³/mol. The van der Waals surface area contributed by atoms with E-state index in [0.29, 0.717) is 23.7 Å². The molecular weight excluding hydrogens is 402 g/mol. The molecular formula is C29H38F2O. The van der Waals surface area contributed by atoms with Gasteiger partial charge in [0.1, 0.15) is 0 Å². The number of hydrogen-bond acceptors (Lipinski definition) is 1. The first-order valence-electron chi connectivity index (χ1n) is 12.5. The van der Waals surface area contributed by atoms with Crippen LogP contribution in [0.25, 0.3) is 11.1 Å². The maximum atomic E-state index is 14.7. The summed E-state index contributed by atoms with van der Waals surface area (Å²) in [6.07, 6.45) is 16.0. The average molecular weight is 441 g/mol. The van der Waals surface area contributed by atoms with Gasteiger partial charge in [-0.3, -0.25) is 0 Å². The Bertz CT molecular complexity index is 848. The summed E-state index contributed by atoms with van der Waals surface area (Å²) in [4.78, 5) is 0. The molecule has 1 aliphatic rings. The topological polar surface area (TPSA) is 9.23 Å². The minimum atomic E-state index is -0.891. The summed E-state index contributed by atoms with van der Waals surface area (Å²) in [5, 5.41) is 0. The first-order chi connectivity index (χ1) is 15.6. The Labute approximate surface area is 192 Å². The molecule has 0 bridgehead atoms. The van der Waals surface area contributed by atoms with Crippen molar-refractivity contribution >= 4 is 0 Å². The van der Waals surface area contributed by atoms with Gasteiger partial charge in [-0.25, -0.2) is 4.39 Å². The van der Waals surface area contributed by atoms with Crippen LogP contribution in [0.1, 0.15) is 89.5 Å². The van der Waals surface area contributed by atoms with Crippen molar-refractivity contribution in [1.82, 2.24) is 0 Å². The summed E-state index contributed by atoms with van der Waals surface area (Å²) >= 11 is 0. The average Bonchev–Trinajstić information content (AvgIpc) is 2.82. The molecule has 3 rings (SSSR count). The van der Waals surface area contributed by atoms with Crippen LogP contribution in [0.15, 0.2) is 48.6 Å². The third-order valence-electron chi connectivity index (χ3n) is 6.71. The van der Waals surface area contributed by atoms with Crippen LogP contribution in [0.4, 0.5) is 8.78 Å². The van der Waals surface area contributed by atoms with Crippen molar-refractivity contribution < 1.29 is 13.5 Å². The highest BCUT2D eigenvalue weighted by molar-refractivity contribution is 5.65. The standard InChI is InChI=1S/C29H38F2O/c1-3-5-7-9-21-32-27-20-19-26(28(30)29(27)31)25-17-15-24(16-18-25)23-13-11-22(12-14-23)10-8-6-4-2/h6,8,15-20,22-23H,3-5,7,9-14,21H2,1-2H3/b8-6-. The second-order valence-corrected chi connectivity index (χ2v) is 9.10. The van der Waals surface area contributed by atoms with Crippen molar-refractivity contribution in [2.45, 2.75) is 84.0 Å². The minimum absolute atomic E-state index is 0.00455. The van der Waals surface area contributed by atoms with E-state index in [-0.39, 0.29) is 5.75 Å². The predicted octanol–water partition coefficient (Wildman–Crippen LogP) is 9.22. The fourth-order valence-corrected chi connectivity index (χ4v) is 4.70. The van der Waals surface area contributed by atoms with Crippen molar-refractivity contribution in [3.05, 3.63) is 65.7 Å². The quantitative estimate of drug-likeness (QED) is 0.250. The lowest BCUT2D eigenvalue weighted by atomic mass is 9.77. The van der Waals surface area contributed by atoms with Crippen LogP contribution in [-0.4, -0.2) is 6.61 Å². The molecule has 0 N–H and O–H groups in total. The van der Waals surface area contributed by atoms with Gasteiger partial charge < -0.3 is 4.74 Å². The van der Waals surface area contributed by atoms with E-state index in [9.17, 15) is 8.78 Å². The van der Waals surface area contributed by atoms with Gasteiger partial charge in [0, 0.05) is 5.56 Å². The number of hydrogen-bond donors (Lipinski definition) is 0. The number of ether oxygens (including phenoxy) is 1. The van der Waals surface area contributed by atoms with Crippen molar-refractivity contribution in [3.8, 4) is 16.9 Å². The van der Waals surface area contributed by atoms with Gasteiger partial charge in [0.15, 0.2) is 11.6 Å². The third-order valence-corrected chi connectivity index (χ3v) is 6.71. The molecule has 2 aromatic rings. The largest absolute Gasteiger partial charge is 0.490 e. The summed E-state index contributed by atoms with van der Waals surface area (Å²) in [5.41, 5.74) is 2.31. The van der Waals surface area contributed by atoms with Gasteiger partial charge in [-0.05, 0) is 80.0 Å². The monoisotopic (exact) mass is 440 g/mol. The smallest absolute Gasteiger partial charge is 0.201 e. The van der Waals surface area contributed by atoms with Gasteiger partial charge in [-0.1, -0.05) is 69.5 Å². The number of benzene rings is 2. The number of allylic oxidation sites excluding steroid dienone is 2. The lowest BCUT2D eigenvalue weighted by Crippen LogP contribution is -2.12. The molecule has 0 heterocycles. The zero-order valence-electron chi connectivity index (χ0n) is 19.7. The molecule has 0 radical (unpaired) electrons. The maximum absolute atomic E-state index is 14.7. The lowest BCUT2D eigenvalue weighted by molar-refractivity contribution is 0.285. The van der Waals surface area contributed by atoms with Gasteiger partial charge >= 0.3 is 0 Å². The van der Waals surface area contributed by atoms with Crippen molar-refractivity contribution in [2.24, 2.45) is 5.92 Å². The molecule has 32 heavy (non-hydrogen) atoms. The van der Waals surface area contributed by atoms with Crippen LogP contribution in [0.2, 0.25) is 0 Å². The number of halogens is 2. The third kappa shape index (κ3) is 6.67. The van der Waals surface area contributed by atoms with Gasteiger partial charge in [0.25, 0.3) is 0 Å². The van der Waals surface area contributed by atoms with Crippen LogP contribution in [-0.2, 0) is 0 Å². The zero-order chi connectivity index (χ0) is 22.8. The highest BCUT2D eigenvalue weighted by atomic mass is 19.2. The normalized spacial score (nSPS) is 18.9. The van der Waals surface area contributed by atoms with E-state index in [1.807, 2.05) is 12.1 Å².